The predicted octanol–water partition coefficient (Wildman–Crippen LogP) is 2.85. The van der Waals surface area contributed by atoms with Crippen molar-refractivity contribution in [2.24, 2.45) is 0 Å². The number of hydrogen-bond donors (Lipinski definition) is 2. The Labute approximate surface area is 133 Å². The van der Waals surface area contributed by atoms with Crippen molar-refractivity contribution in [1.29, 1.82) is 0 Å². The minimum Gasteiger partial charge on any atom is -0.309 e. The van der Waals surface area contributed by atoms with Crippen molar-refractivity contribution in [1.82, 2.24) is 10.0 Å². The SMILES string of the molecule is Cc1csc(CNC2CC2)c1S(=O)(=O)NCc1cccs1. The van der Waals surface area contributed by atoms with E-state index in [1.54, 1.807) is 11.3 Å². The maximum Gasteiger partial charge on any atom is 0.242 e. The molecule has 3 rings (SSSR count). The van der Waals surface area contributed by atoms with E-state index in [2.05, 4.69) is 10.0 Å². The summed E-state index contributed by atoms with van der Waals surface area (Å²) in [4.78, 5) is 2.37. The molecule has 0 radical (unpaired) electrons. The third kappa shape index (κ3) is 3.73. The molecule has 0 amide bonds. The molecule has 21 heavy (non-hydrogen) atoms. The second-order valence-corrected chi connectivity index (χ2v) is 8.93. The summed E-state index contributed by atoms with van der Waals surface area (Å²) < 4.78 is 27.8. The first-order valence-corrected chi connectivity index (χ1v) is 10.1. The van der Waals surface area contributed by atoms with Gasteiger partial charge in [-0.05, 0) is 42.2 Å². The zero-order valence-corrected chi connectivity index (χ0v) is 14.2. The summed E-state index contributed by atoms with van der Waals surface area (Å²) in [5.41, 5.74) is 0.825. The van der Waals surface area contributed by atoms with E-state index in [0.717, 1.165) is 15.3 Å². The molecule has 114 valence electrons. The zero-order chi connectivity index (χ0) is 14.9. The molecule has 2 heterocycles. The molecule has 0 aromatic carbocycles. The molecule has 2 aromatic rings. The molecule has 0 saturated heterocycles. The summed E-state index contributed by atoms with van der Waals surface area (Å²) >= 11 is 3.07. The number of thiophene rings is 2. The molecule has 1 fully saturated rings. The van der Waals surface area contributed by atoms with Crippen LogP contribution in [0.4, 0.5) is 0 Å². The van der Waals surface area contributed by atoms with Crippen LogP contribution in [-0.4, -0.2) is 14.5 Å². The van der Waals surface area contributed by atoms with E-state index in [1.807, 2.05) is 29.8 Å². The molecule has 7 heteroatoms. The first-order valence-electron chi connectivity index (χ1n) is 6.88. The summed E-state index contributed by atoms with van der Waals surface area (Å²) in [5.74, 6) is 0. The zero-order valence-electron chi connectivity index (χ0n) is 11.8. The van der Waals surface area contributed by atoms with E-state index in [4.69, 9.17) is 0 Å². The van der Waals surface area contributed by atoms with E-state index in [-0.39, 0.29) is 0 Å². The second-order valence-electron chi connectivity index (χ2n) is 5.23. The lowest BCUT2D eigenvalue weighted by Gasteiger charge is -2.09. The van der Waals surface area contributed by atoms with Gasteiger partial charge >= 0.3 is 0 Å². The Morgan fingerprint density at radius 3 is 2.76 bits per heavy atom. The average Bonchev–Trinajstić information content (AvgIpc) is 2.97. The lowest BCUT2D eigenvalue weighted by atomic mass is 10.3. The van der Waals surface area contributed by atoms with Crippen molar-refractivity contribution >= 4 is 32.7 Å². The molecule has 1 aliphatic rings. The van der Waals surface area contributed by atoms with Gasteiger partial charge < -0.3 is 5.32 Å². The third-order valence-corrected chi connectivity index (χ3v) is 7.14. The van der Waals surface area contributed by atoms with Gasteiger partial charge in [-0.2, -0.15) is 0 Å². The molecule has 4 nitrogen and oxygen atoms in total. The van der Waals surface area contributed by atoms with Crippen LogP contribution in [0.2, 0.25) is 0 Å². The first kappa shape index (κ1) is 15.2. The van der Waals surface area contributed by atoms with Crippen LogP contribution < -0.4 is 10.0 Å². The van der Waals surface area contributed by atoms with Gasteiger partial charge in [0.15, 0.2) is 0 Å². The fraction of sp³-hybridized carbons (Fsp3) is 0.429. The summed E-state index contributed by atoms with van der Waals surface area (Å²) in [5, 5.41) is 7.26. The van der Waals surface area contributed by atoms with Gasteiger partial charge in [-0.1, -0.05) is 6.07 Å². The van der Waals surface area contributed by atoms with E-state index in [1.165, 1.54) is 24.2 Å². The lowest BCUT2D eigenvalue weighted by Crippen LogP contribution is -2.25. The quantitative estimate of drug-likeness (QED) is 0.813. The fourth-order valence-electron chi connectivity index (χ4n) is 2.15. The predicted molar refractivity (Wildman–Crippen MR) is 87.3 cm³/mol. The molecule has 0 aliphatic heterocycles. The number of rotatable bonds is 7. The maximum absolute atomic E-state index is 12.6. The van der Waals surface area contributed by atoms with Gasteiger partial charge in [-0.15, -0.1) is 22.7 Å². The van der Waals surface area contributed by atoms with E-state index >= 15 is 0 Å². The standard InChI is InChI=1S/C14H18N2O2S3/c1-10-9-20-13(8-15-11-4-5-11)14(10)21(17,18)16-7-12-3-2-6-19-12/h2-3,6,9,11,15-16H,4-5,7-8H2,1H3. The Bertz CT molecular complexity index is 701. The van der Waals surface area contributed by atoms with Crippen molar-refractivity contribution in [3.63, 3.8) is 0 Å². The topological polar surface area (TPSA) is 58.2 Å². The Hall–Kier alpha value is -0.730. The third-order valence-electron chi connectivity index (χ3n) is 3.40. The molecule has 2 N–H and O–H groups in total. The Balaban J connectivity index is 1.75. The fourth-order valence-corrected chi connectivity index (χ4v) is 5.65. The van der Waals surface area contributed by atoms with Gasteiger partial charge in [0.2, 0.25) is 10.0 Å². The van der Waals surface area contributed by atoms with Gasteiger partial charge in [-0.25, -0.2) is 13.1 Å². The molecule has 2 aromatic heterocycles. The van der Waals surface area contributed by atoms with E-state index in [0.29, 0.717) is 24.0 Å². The largest absolute Gasteiger partial charge is 0.309 e. The number of aryl methyl sites for hydroxylation is 1. The minimum absolute atomic E-state index is 0.352. The summed E-state index contributed by atoms with van der Waals surface area (Å²) in [6, 6.07) is 4.43. The highest BCUT2D eigenvalue weighted by Gasteiger charge is 2.25. The number of nitrogens with one attached hydrogen (secondary N) is 2. The highest BCUT2D eigenvalue weighted by atomic mass is 32.2. The second kappa shape index (κ2) is 6.18. The monoisotopic (exact) mass is 342 g/mol. The van der Waals surface area contributed by atoms with Crippen LogP contribution in [0.25, 0.3) is 0 Å². The van der Waals surface area contributed by atoms with Crippen molar-refractivity contribution in [2.75, 3.05) is 0 Å². The van der Waals surface area contributed by atoms with Crippen LogP contribution >= 0.6 is 22.7 Å². The molecule has 0 atom stereocenters. The summed E-state index contributed by atoms with van der Waals surface area (Å²) in [7, 11) is -3.45. The average molecular weight is 343 g/mol. The van der Waals surface area contributed by atoms with Crippen LogP contribution in [-0.2, 0) is 23.1 Å². The van der Waals surface area contributed by atoms with Crippen molar-refractivity contribution < 1.29 is 8.42 Å². The van der Waals surface area contributed by atoms with Crippen molar-refractivity contribution in [3.05, 3.63) is 38.2 Å². The van der Waals surface area contributed by atoms with E-state index < -0.39 is 10.0 Å². The highest BCUT2D eigenvalue weighted by Crippen LogP contribution is 2.28. The molecule has 1 aliphatic carbocycles. The Morgan fingerprint density at radius 2 is 2.10 bits per heavy atom. The lowest BCUT2D eigenvalue weighted by molar-refractivity contribution is 0.579. The first-order chi connectivity index (χ1) is 10.1. The Morgan fingerprint density at radius 1 is 1.29 bits per heavy atom. The number of hydrogen-bond acceptors (Lipinski definition) is 5. The van der Waals surface area contributed by atoms with Crippen LogP contribution in [0, 0.1) is 6.92 Å². The summed E-state index contributed by atoms with van der Waals surface area (Å²) in [6.45, 7) is 2.85. The number of sulfonamides is 1. The van der Waals surface area contributed by atoms with Crippen LogP contribution in [0.5, 0.6) is 0 Å². The normalized spacial score (nSPS) is 15.5. The Kier molecular flexibility index (Phi) is 4.46. The smallest absolute Gasteiger partial charge is 0.242 e. The van der Waals surface area contributed by atoms with Crippen molar-refractivity contribution in [3.8, 4) is 0 Å². The molecule has 0 spiro atoms. The molecule has 0 bridgehead atoms. The van der Waals surface area contributed by atoms with Gasteiger partial charge in [-0.3, -0.25) is 0 Å². The van der Waals surface area contributed by atoms with Gasteiger partial charge in [0.1, 0.15) is 4.90 Å². The van der Waals surface area contributed by atoms with E-state index in [9.17, 15) is 8.42 Å². The maximum atomic E-state index is 12.6. The molecule has 1 saturated carbocycles. The van der Waals surface area contributed by atoms with Gasteiger partial charge in [0.05, 0.1) is 0 Å². The van der Waals surface area contributed by atoms with Crippen LogP contribution in [0.1, 0.15) is 28.2 Å². The van der Waals surface area contributed by atoms with Crippen molar-refractivity contribution in [2.45, 2.75) is 43.8 Å². The summed E-state index contributed by atoms with van der Waals surface area (Å²) in [6.07, 6.45) is 2.39. The van der Waals surface area contributed by atoms with Crippen LogP contribution in [0.15, 0.2) is 27.8 Å². The minimum atomic E-state index is -3.45. The molecular formula is C14H18N2O2S3. The highest BCUT2D eigenvalue weighted by molar-refractivity contribution is 7.89. The van der Waals surface area contributed by atoms with Gasteiger partial charge in [0, 0.05) is 28.9 Å². The van der Waals surface area contributed by atoms with Gasteiger partial charge in [0.25, 0.3) is 0 Å². The van der Waals surface area contributed by atoms with Crippen LogP contribution in [0.3, 0.4) is 0 Å². The molecular weight excluding hydrogens is 324 g/mol. The molecule has 0 unspecified atom stereocenters.